The number of nitrogens with two attached hydrogens (primary N) is 1. The fourth-order valence-corrected chi connectivity index (χ4v) is 1.81. The van der Waals surface area contributed by atoms with Gasteiger partial charge in [0.15, 0.2) is 5.78 Å². The second kappa shape index (κ2) is 5.36. The first-order chi connectivity index (χ1) is 8.66. The molecule has 0 heterocycles. The number of nitrogen functional groups attached to an aromatic ring is 1. The molecule has 0 amide bonds. The number of rotatable bonds is 4. The molecule has 0 aromatic heterocycles. The van der Waals surface area contributed by atoms with Gasteiger partial charge in [-0.25, -0.2) is 0 Å². The Labute approximate surface area is 106 Å². The van der Waals surface area contributed by atoms with E-state index in [9.17, 15) is 9.90 Å². The Hall–Kier alpha value is -2.29. The summed E-state index contributed by atoms with van der Waals surface area (Å²) in [4.78, 5) is 12.0. The number of hydrogen-bond donors (Lipinski definition) is 2. The van der Waals surface area contributed by atoms with Gasteiger partial charge in [0.2, 0.25) is 0 Å². The summed E-state index contributed by atoms with van der Waals surface area (Å²) in [5.41, 5.74) is 7.49. The van der Waals surface area contributed by atoms with Gasteiger partial charge in [0.1, 0.15) is 5.75 Å². The van der Waals surface area contributed by atoms with E-state index in [0.717, 1.165) is 5.56 Å². The Morgan fingerprint density at radius 2 is 1.83 bits per heavy atom. The van der Waals surface area contributed by atoms with Gasteiger partial charge in [0.05, 0.1) is 5.56 Å². The monoisotopic (exact) mass is 241 g/mol. The van der Waals surface area contributed by atoms with Gasteiger partial charge in [-0.2, -0.15) is 0 Å². The molecule has 2 rings (SSSR count). The first-order valence-electron chi connectivity index (χ1n) is 5.82. The number of ketones is 1. The summed E-state index contributed by atoms with van der Waals surface area (Å²) in [5.74, 6) is -0.106. The van der Waals surface area contributed by atoms with Crippen molar-refractivity contribution >= 4 is 11.5 Å². The molecular weight excluding hydrogens is 226 g/mol. The standard InChI is InChI=1S/C15H15NO2/c16-12-7-9-15(18)13(10-12)14(17)8-6-11-4-2-1-3-5-11/h1-5,7,9-10,18H,6,8,16H2. The van der Waals surface area contributed by atoms with Crippen LogP contribution in [0, 0.1) is 0 Å². The molecule has 3 nitrogen and oxygen atoms in total. The second-order valence-electron chi connectivity index (χ2n) is 4.19. The van der Waals surface area contributed by atoms with Crippen LogP contribution in [0.15, 0.2) is 48.5 Å². The lowest BCUT2D eigenvalue weighted by atomic mass is 10.0. The SMILES string of the molecule is Nc1ccc(O)c(C(=O)CCc2ccccc2)c1. The maximum absolute atomic E-state index is 12.0. The van der Waals surface area contributed by atoms with Crippen molar-refractivity contribution in [3.05, 3.63) is 59.7 Å². The topological polar surface area (TPSA) is 63.3 Å². The first-order valence-corrected chi connectivity index (χ1v) is 5.82. The average molecular weight is 241 g/mol. The zero-order valence-corrected chi connectivity index (χ0v) is 9.97. The van der Waals surface area contributed by atoms with Crippen molar-refractivity contribution in [3.63, 3.8) is 0 Å². The van der Waals surface area contributed by atoms with Gasteiger partial charge in [0, 0.05) is 12.1 Å². The number of Topliss-reactive ketones (excluding diaryl/α,β-unsaturated/α-hetero) is 1. The van der Waals surface area contributed by atoms with E-state index >= 15 is 0 Å². The van der Waals surface area contributed by atoms with Gasteiger partial charge in [-0.1, -0.05) is 30.3 Å². The van der Waals surface area contributed by atoms with Crippen molar-refractivity contribution in [2.45, 2.75) is 12.8 Å². The maximum Gasteiger partial charge on any atom is 0.166 e. The lowest BCUT2D eigenvalue weighted by molar-refractivity contribution is 0.0980. The largest absolute Gasteiger partial charge is 0.507 e. The maximum atomic E-state index is 12.0. The number of anilines is 1. The highest BCUT2D eigenvalue weighted by Gasteiger charge is 2.11. The lowest BCUT2D eigenvalue weighted by Gasteiger charge is -2.05. The third-order valence-electron chi connectivity index (χ3n) is 2.80. The second-order valence-corrected chi connectivity index (χ2v) is 4.19. The molecule has 0 aliphatic carbocycles. The number of phenols is 1. The van der Waals surface area contributed by atoms with Crippen LogP contribution >= 0.6 is 0 Å². The van der Waals surface area contributed by atoms with Crippen LogP contribution in [-0.2, 0) is 6.42 Å². The highest BCUT2D eigenvalue weighted by molar-refractivity contribution is 5.99. The molecule has 0 bridgehead atoms. The van der Waals surface area contributed by atoms with Crippen LogP contribution in [0.25, 0.3) is 0 Å². The van der Waals surface area contributed by atoms with E-state index in [0.29, 0.717) is 24.1 Å². The number of phenolic OH excluding ortho intramolecular Hbond substituents is 1. The molecule has 0 aliphatic heterocycles. The number of carbonyl (C=O) groups excluding carboxylic acids is 1. The fourth-order valence-electron chi connectivity index (χ4n) is 1.81. The smallest absolute Gasteiger partial charge is 0.166 e. The average Bonchev–Trinajstić information content (AvgIpc) is 2.40. The summed E-state index contributed by atoms with van der Waals surface area (Å²) in [7, 11) is 0. The molecule has 3 N–H and O–H groups in total. The zero-order valence-electron chi connectivity index (χ0n) is 9.97. The molecular formula is C15H15NO2. The highest BCUT2D eigenvalue weighted by Crippen LogP contribution is 2.21. The van der Waals surface area contributed by atoms with Gasteiger partial charge in [-0.05, 0) is 30.2 Å². The Morgan fingerprint density at radius 3 is 2.56 bits per heavy atom. The van der Waals surface area contributed by atoms with Crippen LogP contribution in [0.5, 0.6) is 5.75 Å². The molecule has 0 aliphatic rings. The highest BCUT2D eigenvalue weighted by atomic mass is 16.3. The van der Waals surface area contributed by atoms with Crippen molar-refractivity contribution < 1.29 is 9.90 Å². The predicted molar refractivity (Wildman–Crippen MR) is 71.6 cm³/mol. The zero-order chi connectivity index (χ0) is 13.0. The number of carbonyl (C=O) groups is 1. The number of benzene rings is 2. The van der Waals surface area contributed by atoms with E-state index in [-0.39, 0.29) is 11.5 Å². The Bertz CT molecular complexity index is 550. The molecule has 0 radical (unpaired) electrons. The van der Waals surface area contributed by atoms with Crippen molar-refractivity contribution in [1.82, 2.24) is 0 Å². The molecule has 0 unspecified atom stereocenters. The van der Waals surface area contributed by atoms with Crippen molar-refractivity contribution in [1.29, 1.82) is 0 Å². The van der Waals surface area contributed by atoms with Crippen LogP contribution in [0.3, 0.4) is 0 Å². The number of aryl methyl sites for hydroxylation is 1. The quantitative estimate of drug-likeness (QED) is 0.491. The summed E-state index contributed by atoms with van der Waals surface area (Å²) in [6, 6.07) is 14.3. The van der Waals surface area contributed by atoms with E-state index in [1.165, 1.54) is 12.1 Å². The molecule has 18 heavy (non-hydrogen) atoms. The van der Waals surface area contributed by atoms with Crippen molar-refractivity contribution in [3.8, 4) is 5.75 Å². The van der Waals surface area contributed by atoms with Gasteiger partial charge in [-0.15, -0.1) is 0 Å². The molecule has 0 spiro atoms. The first kappa shape index (κ1) is 12.2. The number of hydrogen-bond acceptors (Lipinski definition) is 3. The molecule has 2 aromatic carbocycles. The fraction of sp³-hybridized carbons (Fsp3) is 0.133. The Morgan fingerprint density at radius 1 is 1.11 bits per heavy atom. The van der Waals surface area contributed by atoms with Gasteiger partial charge in [-0.3, -0.25) is 4.79 Å². The molecule has 92 valence electrons. The Kier molecular flexibility index (Phi) is 3.63. The van der Waals surface area contributed by atoms with Gasteiger partial charge < -0.3 is 10.8 Å². The third-order valence-corrected chi connectivity index (χ3v) is 2.80. The van der Waals surface area contributed by atoms with E-state index in [2.05, 4.69) is 0 Å². The van der Waals surface area contributed by atoms with E-state index in [4.69, 9.17) is 5.73 Å². The van der Waals surface area contributed by atoms with Crippen LogP contribution in [-0.4, -0.2) is 10.9 Å². The molecule has 0 fully saturated rings. The molecule has 2 aromatic rings. The lowest BCUT2D eigenvalue weighted by Crippen LogP contribution is -2.02. The summed E-state index contributed by atoms with van der Waals surface area (Å²) in [6.45, 7) is 0. The molecule has 0 saturated heterocycles. The van der Waals surface area contributed by atoms with Crippen LogP contribution in [0.1, 0.15) is 22.3 Å². The summed E-state index contributed by atoms with van der Waals surface area (Å²) in [6.07, 6.45) is 1.02. The third kappa shape index (κ3) is 2.88. The van der Waals surface area contributed by atoms with Crippen LogP contribution < -0.4 is 5.73 Å². The minimum absolute atomic E-state index is 0.0118. The van der Waals surface area contributed by atoms with Crippen LogP contribution in [0.2, 0.25) is 0 Å². The number of aromatic hydroxyl groups is 1. The normalized spacial score (nSPS) is 10.2. The summed E-state index contributed by atoms with van der Waals surface area (Å²) >= 11 is 0. The minimum Gasteiger partial charge on any atom is -0.507 e. The molecule has 3 heteroatoms. The van der Waals surface area contributed by atoms with E-state index in [1.807, 2.05) is 30.3 Å². The predicted octanol–water partition coefficient (Wildman–Crippen LogP) is 2.79. The van der Waals surface area contributed by atoms with E-state index < -0.39 is 0 Å². The van der Waals surface area contributed by atoms with Crippen molar-refractivity contribution in [2.24, 2.45) is 0 Å². The van der Waals surface area contributed by atoms with Gasteiger partial charge >= 0.3 is 0 Å². The summed E-state index contributed by atoms with van der Waals surface area (Å²) < 4.78 is 0. The van der Waals surface area contributed by atoms with E-state index in [1.54, 1.807) is 6.07 Å². The van der Waals surface area contributed by atoms with Gasteiger partial charge in [0.25, 0.3) is 0 Å². The summed E-state index contributed by atoms with van der Waals surface area (Å²) in [5, 5.41) is 9.63. The molecule has 0 atom stereocenters. The molecule has 0 saturated carbocycles. The minimum atomic E-state index is -0.0938. The van der Waals surface area contributed by atoms with Crippen LogP contribution in [0.4, 0.5) is 5.69 Å². The Balaban J connectivity index is 2.06. The van der Waals surface area contributed by atoms with Crippen molar-refractivity contribution in [2.75, 3.05) is 5.73 Å².